The van der Waals surface area contributed by atoms with E-state index in [1.165, 1.54) is 0 Å². The van der Waals surface area contributed by atoms with Gasteiger partial charge in [-0.1, -0.05) is 6.92 Å². The molecule has 1 saturated heterocycles. The van der Waals surface area contributed by atoms with Crippen LogP contribution in [0.25, 0.3) is 0 Å². The van der Waals surface area contributed by atoms with Crippen LogP contribution in [0.3, 0.4) is 0 Å². The van der Waals surface area contributed by atoms with Crippen LogP contribution in [0.4, 0.5) is 10.5 Å². The lowest BCUT2D eigenvalue weighted by atomic mass is 10.2. The van der Waals surface area contributed by atoms with Gasteiger partial charge in [-0.2, -0.15) is 5.10 Å². The Kier molecular flexibility index (Phi) is 6.60. The summed E-state index contributed by atoms with van der Waals surface area (Å²) in [5.74, 6) is -0.200. The van der Waals surface area contributed by atoms with Crippen LogP contribution in [0.5, 0.6) is 0 Å². The van der Waals surface area contributed by atoms with E-state index < -0.39 is 12.1 Å². The lowest BCUT2D eigenvalue weighted by Gasteiger charge is -2.17. The molecule has 2 heterocycles. The van der Waals surface area contributed by atoms with Crippen molar-refractivity contribution in [1.29, 1.82) is 0 Å². The van der Waals surface area contributed by atoms with Gasteiger partial charge in [0.1, 0.15) is 6.04 Å². The lowest BCUT2D eigenvalue weighted by Crippen LogP contribution is -2.48. The third-order valence-electron chi connectivity index (χ3n) is 4.05. The largest absolute Gasteiger partial charge is 0.376 e. The van der Waals surface area contributed by atoms with Crippen LogP contribution in [0, 0.1) is 0 Å². The fourth-order valence-electron chi connectivity index (χ4n) is 2.42. The minimum atomic E-state index is -0.610. The van der Waals surface area contributed by atoms with Crippen molar-refractivity contribution in [2.45, 2.75) is 64.8 Å². The summed E-state index contributed by atoms with van der Waals surface area (Å²) in [6.45, 7) is 7.04. The van der Waals surface area contributed by atoms with E-state index in [4.69, 9.17) is 4.74 Å². The highest BCUT2D eigenvalue weighted by Crippen LogP contribution is 2.14. The predicted octanol–water partition coefficient (Wildman–Crippen LogP) is 1.49. The van der Waals surface area contributed by atoms with Gasteiger partial charge in [0.2, 0.25) is 5.91 Å². The number of nitrogens with one attached hydrogen (secondary N) is 3. The van der Waals surface area contributed by atoms with Gasteiger partial charge in [0.25, 0.3) is 0 Å². The molecule has 8 heteroatoms. The van der Waals surface area contributed by atoms with Crippen LogP contribution in [0.1, 0.15) is 40.0 Å². The minimum absolute atomic E-state index is 0.0841. The molecule has 2 rings (SSSR count). The Morgan fingerprint density at radius 3 is 2.88 bits per heavy atom. The van der Waals surface area contributed by atoms with Gasteiger partial charge in [0.15, 0.2) is 0 Å². The number of amides is 3. The second-order valence-electron chi connectivity index (χ2n) is 6.22. The fourth-order valence-corrected chi connectivity index (χ4v) is 2.42. The van der Waals surface area contributed by atoms with Crippen molar-refractivity contribution in [2.75, 3.05) is 11.9 Å². The molecule has 0 bridgehead atoms. The van der Waals surface area contributed by atoms with E-state index in [0.29, 0.717) is 12.2 Å². The third-order valence-corrected chi connectivity index (χ3v) is 4.05. The molecule has 3 N–H and O–H groups in total. The van der Waals surface area contributed by atoms with Gasteiger partial charge < -0.3 is 20.7 Å². The molecule has 1 aliphatic heterocycles. The zero-order chi connectivity index (χ0) is 17.5. The molecule has 3 amide bonds. The van der Waals surface area contributed by atoms with Crippen LogP contribution >= 0.6 is 0 Å². The zero-order valence-corrected chi connectivity index (χ0v) is 14.5. The van der Waals surface area contributed by atoms with Crippen molar-refractivity contribution < 1.29 is 14.3 Å². The normalized spacial score (nSPS) is 19.5. The fraction of sp³-hybridized carbons (Fsp3) is 0.688. The van der Waals surface area contributed by atoms with Crippen LogP contribution < -0.4 is 16.0 Å². The molecule has 3 atom stereocenters. The molecule has 0 radical (unpaired) electrons. The number of nitrogens with zero attached hydrogens (tertiary/aromatic N) is 2. The molecule has 0 aliphatic carbocycles. The van der Waals surface area contributed by atoms with Crippen molar-refractivity contribution in [1.82, 2.24) is 20.4 Å². The van der Waals surface area contributed by atoms with Crippen molar-refractivity contribution in [3.05, 3.63) is 12.4 Å². The topological polar surface area (TPSA) is 97.3 Å². The first-order valence-corrected chi connectivity index (χ1v) is 8.50. The third kappa shape index (κ3) is 5.52. The van der Waals surface area contributed by atoms with Gasteiger partial charge in [-0.15, -0.1) is 0 Å². The van der Waals surface area contributed by atoms with Crippen molar-refractivity contribution in [2.24, 2.45) is 0 Å². The van der Waals surface area contributed by atoms with Crippen LogP contribution in [0.2, 0.25) is 0 Å². The van der Waals surface area contributed by atoms with E-state index in [2.05, 4.69) is 21.0 Å². The van der Waals surface area contributed by atoms with Gasteiger partial charge in [-0.3, -0.25) is 9.48 Å². The summed E-state index contributed by atoms with van der Waals surface area (Å²) in [6, 6.07) is -0.958. The molecule has 1 aliphatic rings. The van der Waals surface area contributed by atoms with Gasteiger partial charge >= 0.3 is 6.03 Å². The Labute approximate surface area is 142 Å². The summed E-state index contributed by atoms with van der Waals surface area (Å²) in [6.07, 6.45) is 6.48. The summed E-state index contributed by atoms with van der Waals surface area (Å²) >= 11 is 0. The highest BCUT2D eigenvalue weighted by atomic mass is 16.5. The van der Waals surface area contributed by atoms with E-state index in [1.54, 1.807) is 24.0 Å². The first-order chi connectivity index (χ1) is 11.5. The Hall–Kier alpha value is -2.09. The van der Waals surface area contributed by atoms with E-state index in [0.717, 1.165) is 25.9 Å². The van der Waals surface area contributed by atoms with Gasteiger partial charge in [0.05, 0.1) is 24.5 Å². The molecule has 134 valence electrons. The van der Waals surface area contributed by atoms with E-state index in [-0.39, 0.29) is 18.1 Å². The van der Waals surface area contributed by atoms with Crippen molar-refractivity contribution in [3.63, 3.8) is 0 Å². The first kappa shape index (κ1) is 18.3. The van der Waals surface area contributed by atoms with Crippen LogP contribution in [-0.4, -0.2) is 46.5 Å². The molecular weight excluding hydrogens is 310 g/mol. The second-order valence-corrected chi connectivity index (χ2v) is 6.22. The molecule has 3 unspecified atom stereocenters. The predicted molar refractivity (Wildman–Crippen MR) is 90.7 cm³/mol. The monoisotopic (exact) mass is 337 g/mol. The summed E-state index contributed by atoms with van der Waals surface area (Å²) < 4.78 is 7.32. The molecule has 0 saturated carbocycles. The van der Waals surface area contributed by atoms with E-state index >= 15 is 0 Å². The number of urea groups is 1. The van der Waals surface area contributed by atoms with Crippen LogP contribution in [-0.2, 0) is 16.1 Å². The summed E-state index contributed by atoms with van der Waals surface area (Å²) in [4.78, 5) is 23.9. The maximum atomic E-state index is 12.0. The van der Waals surface area contributed by atoms with Gasteiger partial charge in [0, 0.05) is 18.8 Å². The quantitative estimate of drug-likeness (QED) is 0.702. The zero-order valence-electron chi connectivity index (χ0n) is 14.5. The average molecular weight is 337 g/mol. The molecular formula is C16H27N5O3. The molecule has 1 fully saturated rings. The van der Waals surface area contributed by atoms with Gasteiger partial charge in [-0.25, -0.2) is 4.79 Å². The highest BCUT2D eigenvalue weighted by molar-refractivity contribution is 5.93. The smallest absolute Gasteiger partial charge is 0.319 e. The molecule has 0 spiro atoms. The Morgan fingerprint density at radius 1 is 1.42 bits per heavy atom. The number of anilines is 1. The highest BCUT2D eigenvalue weighted by Gasteiger charge is 2.18. The first-order valence-electron chi connectivity index (χ1n) is 8.50. The number of aromatic nitrogens is 2. The number of carbonyl (C=O) groups is 2. The minimum Gasteiger partial charge on any atom is -0.376 e. The molecule has 24 heavy (non-hydrogen) atoms. The standard InChI is InChI=1S/C16H27N5O3/c1-4-11(2)18-15(22)12(3)19-16(23)20-13-8-17-21(9-13)10-14-6-5-7-24-14/h8-9,11-12,14H,4-7,10H2,1-3H3,(H,18,22)(H2,19,20,23). The maximum Gasteiger partial charge on any atom is 0.319 e. The Balaban J connectivity index is 1.77. The average Bonchev–Trinajstić information content (AvgIpc) is 3.19. The number of rotatable bonds is 7. The van der Waals surface area contributed by atoms with Crippen molar-refractivity contribution in [3.8, 4) is 0 Å². The molecule has 1 aromatic rings. The SMILES string of the molecule is CCC(C)NC(=O)C(C)NC(=O)Nc1cnn(CC2CCCO2)c1. The second kappa shape index (κ2) is 8.68. The van der Waals surface area contributed by atoms with E-state index in [1.807, 2.05) is 13.8 Å². The summed E-state index contributed by atoms with van der Waals surface area (Å²) in [5.41, 5.74) is 0.583. The number of carbonyl (C=O) groups excluding carboxylic acids is 2. The van der Waals surface area contributed by atoms with Crippen LogP contribution in [0.15, 0.2) is 12.4 Å². The summed E-state index contributed by atoms with van der Waals surface area (Å²) in [5, 5.41) is 12.3. The molecule has 8 nitrogen and oxygen atoms in total. The maximum absolute atomic E-state index is 12.0. The number of ether oxygens (including phenoxy) is 1. The molecule has 0 aromatic carbocycles. The number of hydrogen-bond donors (Lipinski definition) is 3. The Bertz CT molecular complexity index is 554. The summed E-state index contributed by atoms with van der Waals surface area (Å²) in [7, 11) is 0. The van der Waals surface area contributed by atoms with Gasteiger partial charge in [-0.05, 0) is 33.1 Å². The molecule has 1 aromatic heterocycles. The lowest BCUT2D eigenvalue weighted by molar-refractivity contribution is -0.123. The van der Waals surface area contributed by atoms with E-state index in [9.17, 15) is 9.59 Å². The van der Waals surface area contributed by atoms with Crippen molar-refractivity contribution >= 4 is 17.6 Å². The number of hydrogen-bond acceptors (Lipinski definition) is 4. The Morgan fingerprint density at radius 2 is 2.21 bits per heavy atom.